The normalized spacial score (nSPS) is 28.4. The third-order valence-corrected chi connectivity index (χ3v) is 10.2. The van der Waals surface area contributed by atoms with Gasteiger partial charge in [0.25, 0.3) is 0 Å². The highest BCUT2D eigenvalue weighted by atomic mass is 16.6. The maximum absolute atomic E-state index is 15.3. The van der Waals surface area contributed by atoms with E-state index >= 15 is 4.79 Å². The summed E-state index contributed by atoms with van der Waals surface area (Å²) in [6.07, 6.45) is -2.80. The average Bonchev–Trinajstić information content (AvgIpc) is 3.76. The molecule has 0 spiro atoms. The van der Waals surface area contributed by atoms with E-state index in [1.807, 2.05) is 84.9 Å². The second kappa shape index (κ2) is 14.0. The van der Waals surface area contributed by atoms with Crippen LogP contribution in [0.2, 0.25) is 0 Å². The fraction of sp³-hybridized carbons (Fsp3) is 0.444. The summed E-state index contributed by atoms with van der Waals surface area (Å²) in [5, 5.41) is 38.5. The van der Waals surface area contributed by atoms with Gasteiger partial charge in [-0.25, -0.2) is 4.79 Å². The summed E-state index contributed by atoms with van der Waals surface area (Å²) < 4.78 is 11.7. The molecule has 10 nitrogen and oxygen atoms in total. The highest BCUT2D eigenvalue weighted by Crippen LogP contribution is 2.48. The van der Waals surface area contributed by atoms with E-state index in [0.29, 0.717) is 39.0 Å². The lowest BCUT2D eigenvalue weighted by Gasteiger charge is -2.45. The number of benzene rings is 3. The lowest BCUT2D eigenvalue weighted by atomic mass is 9.64. The van der Waals surface area contributed by atoms with Crippen LogP contribution in [0.25, 0.3) is 0 Å². The summed E-state index contributed by atoms with van der Waals surface area (Å²) in [5.41, 5.74) is 8.26. The van der Waals surface area contributed by atoms with E-state index in [0.717, 1.165) is 22.3 Å². The number of aliphatic hydroxyl groups excluding tert-OH is 2. The molecule has 46 heavy (non-hydrogen) atoms. The number of amides is 1. The number of hydrogen-bond acceptors (Lipinski definition) is 8. The molecule has 9 unspecified atom stereocenters. The molecule has 7 N–H and O–H groups in total. The minimum absolute atomic E-state index is 0.0668. The molecule has 0 aromatic heterocycles. The third-order valence-electron chi connectivity index (χ3n) is 10.2. The van der Waals surface area contributed by atoms with Crippen molar-refractivity contribution in [1.29, 1.82) is 0 Å². The number of nitrogens with two attached hydrogens (primary N) is 1. The molecule has 0 radical (unpaired) electrons. The van der Waals surface area contributed by atoms with Crippen molar-refractivity contribution in [3.8, 4) is 0 Å². The second-order valence-corrected chi connectivity index (χ2v) is 12.9. The molecule has 2 heterocycles. The van der Waals surface area contributed by atoms with E-state index in [4.69, 9.17) is 15.2 Å². The zero-order valence-electron chi connectivity index (χ0n) is 25.7. The molecule has 2 saturated heterocycles. The quantitative estimate of drug-likeness (QED) is 0.165. The van der Waals surface area contributed by atoms with Gasteiger partial charge in [-0.2, -0.15) is 0 Å². The van der Waals surface area contributed by atoms with Gasteiger partial charge < -0.3 is 35.4 Å². The van der Waals surface area contributed by atoms with Gasteiger partial charge in [-0.15, -0.1) is 0 Å². The number of nitrogens with one attached hydrogen (secondary N) is 2. The molecule has 244 valence electrons. The first-order valence-corrected chi connectivity index (χ1v) is 16.1. The molecular formula is C36H43N3O7. The van der Waals surface area contributed by atoms with Crippen LogP contribution in [0.1, 0.15) is 34.6 Å². The zero-order valence-corrected chi connectivity index (χ0v) is 25.7. The summed E-state index contributed by atoms with van der Waals surface area (Å²) in [6, 6.07) is 26.1. The first kappa shape index (κ1) is 32.3. The lowest BCUT2D eigenvalue weighted by Crippen LogP contribution is -2.64. The number of carbonyl (C=O) groups is 2. The Morgan fingerprint density at radius 1 is 1.02 bits per heavy atom. The third kappa shape index (κ3) is 6.60. The predicted molar refractivity (Wildman–Crippen MR) is 171 cm³/mol. The summed E-state index contributed by atoms with van der Waals surface area (Å²) in [4.78, 5) is 27.4. The van der Waals surface area contributed by atoms with Crippen molar-refractivity contribution in [1.82, 2.24) is 10.6 Å². The number of carboxylic acid groups (broad SMARTS) is 1. The lowest BCUT2D eigenvalue weighted by molar-refractivity contribution is -0.146. The highest BCUT2D eigenvalue weighted by molar-refractivity contribution is 5.95. The number of Topliss-reactive ketones (excluding diaryl/α,β-unsaturated/α-hetero) is 1. The van der Waals surface area contributed by atoms with Crippen molar-refractivity contribution in [3.63, 3.8) is 0 Å². The first-order chi connectivity index (χ1) is 22.3. The number of ether oxygens (including phenoxy) is 2. The van der Waals surface area contributed by atoms with E-state index in [-0.39, 0.29) is 24.0 Å². The maximum Gasteiger partial charge on any atom is 0.404 e. The van der Waals surface area contributed by atoms with Gasteiger partial charge in [0.05, 0.1) is 23.8 Å². The van der Waals surface area contributed by atoms with Gasteiger partial charge in [0, 0.05) is 37.5 Å². The molecule has 1 aliphatic carbocycles. The second-order valence-electron chi connectivity index (χ2n) is 12.9. The summed E-state index contributed by atoms with van der Waals surface area (Å²) >= 11 is 0. The molecule has 3 aliphatic rings. The monoisotopic (exact) mass is 629 g/mol. The zero-order chi connectivity index (χ0) is 32.3. The Morgan fingerprint density at radius 2 is 1.70 bits per heavy atom. The van der Waals surface area contributed by atoms with Crippen LogP contribution in [-0.4, -0.2) is 77.2 Å². The molecule has 2 aliphatic heterocycles. The van der Waals surface area contributed by atoms with Crippen LogP contribution in [0.5, 0.6) is 0 Å². The van der Waals surface area contributed by atoms with Gasteiger partial charge in [-0.3, -0.25) is 10.5 Å². The fourth-order valence-corrected chi connectivity index (χ4v) is 8.28. The molecule has 0 saturated carbocycles. The van der Waals surface area contributed by atoms with Crippen LogP contribution in [0, 0.1) is 17.8 Å². The summed E-state index contributed by atoms with van der Waals surface area (Å²) in [6.45, 7) is 1.15. The van der Waals surface area contributed by atoms with Crippen molar-refractivity contribution in [2.75, 3.05) is 19.8 Å². The average molecular weight is 630 g/mol. The van der Waals surface area contributed by atoms with Crippen molar-refractivity contribution in [3.05, 3.63) is 107 Å². The van der Waals surface area contributed by atoms with Crippen LogP contribution in [0.3, 0.4) is 0 Å². The Kier molecular flexibility index (Phi) is 9.84. The van der Waals surface area contributed by atoms with Crippen LogP contribution in [0.4, 0.5) is 4.79 Å². The SMILES string of the molecule is NC(O)OC1Cc2ccccc2C1C1CNC(Cc2ccccc2)(C(C2CCOC2)C(O)C(Cc2ccccc2)NC(=O)O)C1=O. The van der Waals surface area contributed by atoms with Crippen LogP contribution >= 0.6 is 0 Å². The predicted octanol–water partition coefficient (Wildman–Crippen LogP) is 2.61. The van der Waals surface area contributed by atoms with Crippen molar-refractivity contribution in [2.45, 2.75) is 61.8 Å². The van der Waals surface area contributed by atoms with Gasteiger partial charge in [0.15, 0.2) is 5.78 Å². The number of rotatable bonds is 12. The highest BCUT2D eigenvalue weighted by Gasteiger charge is 2.60. The Labute approximate surface area is 268 Å². The Morgan fingerprint density at radius 3 is 2.35 bits per heavy atom. The van der Waals surface area contributed by atoms with Crippen molar-refractivity contribution in [2.24, 2.45) is 23.5 Å². The van der Waals surface area contributed by atoms with E-state index in [9.17, 15) is 20.1 Å². The minimum atomic E-state index is -1.49. The topological polar surface area (TPSA) is 163 Å². The number of fused-ring (bicyclic) bond motifs is 1. The summed E-state index contributed by atoms with van der Waals surface area (Å²) in [7, 11) is 0. The molecule has 0 bridgehead atoms. The standard InChI is InChI=1S/C36H43N3O7/c37-34(42)46-29-18-24-13-7-8-14-26(24)30(29)27-20-38-36(33(27)41,19-23-11-5-2-6-12-23)31(25-15-16-45-21-25)32(40)28(39-35(43)44)17-22-9-3-1-4-10-22/h1-14,25,27-32,34,38-40,42H,15-21,37H2,(H,43,44). The molecule has 9 atom stereocenters. The Balaban J connectivity index is 1.43. The first-order valence-electron chi connectivity index (χ1n) is 16.1. The molecule has 10 heteroatoms. The van der Waals surface area contributed by atoms with Gasteiger partial charge in [-0.05, 0) is 53.9 Å². The molecule has 3 aromatic carbocycles. The van der Waals surface area contributed by atoms with Crippen molar-refractivity contribution >= 4 is 11.9 Å². The number of hydrogen-bond donors (Lipinski definition) is 6. The van der Waals surface area contributed by atoms with Gasteiger partial charge >= 0.3 is 6.09 Å². The van der Waals surface area contributed by atoms with Crippen LogP contribution in [-0.2, 0) is 33.5 Å². The number of carbonyl (C=O) groups excluding carboxylic acids is 1. The van der Waals surface area contributed by atoms with Crippen LogP contribution in [0.15, 0.2) is 84.9 Å². The molecule has 3 aromatic rings. The number of ketones is 1. The summed E-state index contributed by atoms with van der Waals surface area (Å²) in [5.74, 6) is -1.89. The smallest absolute Gasteiger partial charge is 0.404 e. The minimum Gasteiger partial charge on any atom is -0.465 e. The van der Waals surface area contributed by atoms with E-state index in [1.165, 1.54) is 0 Å². The van der Waals surface area contributed by atoms with Gasteiger partial charge in [0.2, 0.25) is 6.41 Å². The molecule has 1 amide bonds. The van der Waals surface area contributed by atoms with Gasteiger partial charge in [-0.1, -0.05) is 84.9 Å². The van der Waals surface area contributed by atoms with E-state index in [1.54, 1.807) is 0 Å². The molecular weight excluding hydrogens is 586 g/mol. The van der Waals surface area contributed by atoms with E-state index < -0.39 is 48.1 Å². The molecule has 2 fully saturated rings. The largest absolute Gasteiger partial charge is 0.465 e. The fourth-order valence-electron chi connectivity index (χ4n) is 8.28. The molecule has 6 rings (SSSR count). The Hall–Kier alpha value is -3.64. The van der Waals surface area contributed by atoms with Crippen LogP contribution < -0.4 is 16.4 Å². The Bertz CT molecular complexity index is 1480. The number of aliphatic hydroxyl groups is 2. The van der Waals surface area contributed by atoms with E-state index in [2.05, 4.69) is 10.6 Å². The van der Waals surface area contributed by atoms with Gasteiger partial charge in [0.1, 0.15) is 0 Å². The maximum atomic E-state index is 15.3. The van der Waals surface area contributed by atoms with Crippen molar-refractivity contribution < 1.29 is 34.4 Å².